The monoisotopic (exact) mass is 327 g/mol. The zero-order valence-electron chi connectivity index (χ0n) is 11.7. The van der Waals surface area contributed by atoms with E-state index in [0.717, 1.165) is 17.0 Å². The Labute approximate surface area is 123 Å². The number of nitrogens with zero attached hydrogens (tertiary/aromatic N) is 1. The number of hydrogen-bond acceptors (Lipinski definition) is 2. The Morgan fingerprint density at radius 3 is 2.63 bits per heavy atom. The second kappa shape index (κ2) is 8.93. The van der Waals surface area contributed by atoms with Gasteiger partial charge in [-0.25, -0.2) is 4.99 Å². The van der Waals surface area contributed by atoms with Gasteiger partial charge in [-0.15, -0.1) is 0 Å². The third-order valence-corrected chi connectivity index (χ3v) is 3.01. The molecule has 0 aromatic heterocycles. The fraction of sp³-hybridized carbons (Fsp3) is 0.500. The molecule has 0 aliphatic heterocycles. The summed E-state index contributed by atoms with van der Waals surface area (Å²) in [4.78, 5) is 4.56. The molecule has 0 fully saturated rings. The molecule has 1 atom stereocenters. The maximum atomic E-state index is 5.11. The van der Waals surface area contributed by atoms with E-state index in [-0.39, 0.29) is 6.04 Å². The van der Waals surface area contributed by atoms with Crippen LogP contribution in [0.2, 0.25) is 0 Å². The van der Waals surface area contributed by atoms with E-state index in [1.54, 1.807) is 7.11 Å². The highest BCUT2D eigenvalue weighted by Gasteiger charge is 2.04. The molecule has 19 heavy (non-hydrogen) atoms. The van der Waals surface area contributed by atoms with E-state index in [9.17, 15) is 0 Å². The minimum absolute atomic E-state index is 0.229. The molecule has 1 aromatic carbocycles. The van der Waals surface area contributed by atoms with Gasteiger partial charge in [-0.2, -0.15) is 0 Å². The number of benzene rings is 1. The van der Waals surface area contributed by atoms with Crippen LogP contribution in [0.25, 0.3) is 0 Å². The molecule has 0 saturated carbocycles. The zero-order chi connectivity index (χ0) is 14.1. The van der Waals surface area contributed by atoms with E-state index in [2.05, 4.69) is 57.5 Å². The smallest absolute Gasteiger partial charge is 0.191 e. The van der Waals surface area contributed by atoms with E-state index in [1.165, 1.54) is 5.56 Å². The van der Waals surface area contributed by atoms with Gasteiger partial charge < -0.3 is 15.4 Å². The molecule has 0 amide bonds. The molecular formula is C14H22BrN3O. The largest absolute Gasteiger partial charge is 0.383 e. The molecule has 1 unspecified atom stereocenters. The van der Waals surface area contributed by atoms with Crippen molar-refractivity contribution >= 4 is 21.9 Å². The first-order valence-corrected chi connectivity index (χ1v) is 7.23. The van der Waals surface area contributed by atoms with Gasteiger partial charge in [0.05, 0.1) is 13.2 Å². The maximum absolute atomic E-state index is 5.11. The van der Waals surface area contributed by atoms with Gasteiger partial charge in [0.1, 0.15) is 0 Å². The molecular weight excluding hydrogens is 306 g/mol. The second-order valence-electron chi connectivity index (χ2n) is 4.32. The first-order valence-electron chi connectivity index (χ1n) is 6.44. The Morgan fingerprint density at radius 2 is 2.05 bits per heavy atom. The SMILES string of the molecule is CCNC(=NCc1ccc(Br)cc1)NC(C)COC. The van der Waals surface area contributed by atoms with Crippen molar-refractivity contribution in [1.82, 2.24) is 10.6 Å². The first-order chi connectivity index (χ1) is 9.15. The van der Waals surface area contributed by atoms with E-state index < -0.39 is 0 Å². The van der Waals surface area contributed by atoms with Crippen LogP contribution in [-0.2, 0) is 11.3 Å². The Balaban J connectivity index is 2.59. The van der Waals surface area contributed by atoms with Crippen LogP contribution < -0.4 is 10.6 Å². The van der Waals surface area contributed by atoms with E-state index in [4.69, 9.17) is 4.74 Å². The summed E-state index contributed by atoms with van der Waals surface area (Å²) in [5.74, 6) is 0.815. The van der Waals surface area contributed by atoms with Crippen LogP contribution in [0.3, 0.4) is 0 Å². The quantitative estimate of drug-likeness (QED) is 0.623. The van der Waals surface area contributed by atoms with Crippen molar-refractivity contribution in [3.63, 3.8) is 0 Å². The summed E-state index contributed by atoms with van der Waals surface area (Å²) in [6.07, 6.45) is 0. The van der Waals surface area contributed by atoms with Crippen LogP contribution in [0, 0.1) is 0 Å². The van der Waals surface area contributed by atoms with Crippen molar-refractivity contribution in [3.05, 3.63) is 34.3 Å². The van der Waals surface area contributed by atoms with Crippen LogP contribution in [0.15, 0.2) is 33.7 Å². The number of ether oxygens (including phenoxy) is 1. The number of halogens is 1. The van der Waals surface area contributed by atoms with E-state index in [0.29, 0.717) is 13.2 Å². The molecule has 0 spiro atoms. The molecule has 4 nitrogen and oxygen atoms in total. The molecule has 2 N–H and O–H groups in total. The van der Waals surface area contributed by atoms with Crippen LogP contribution >= 0.6 is 15.9 Å². The van der Waals surface area contributed by atoms with Gasteiger partial charge in [0.15, 0.2) is 5.96 Å². The molecule has 0 aliphatic carbocycles. The summed E-state index contributed by atoms with van der Waals surface area (Å²) in [5, 5.41) is 6.53. The molecule has 106 valence electrons. The summed E-state index contributed by atoms with van der Waals surface area (Å²) in [6.45, 7) is 6.27. The lowest BCUT2D eigenvalue weighted by Crippen LogP contribution is -2.43. The minimum Gasteiger partial charge on any atom is -0.383 e. The van der Waals surface area contributed by atoms with Gasteiger partial charge in [-0.05, 0) is 31.5 Å². The van der Waals surface area contributed by atoms with Gasteiger partial charge in [0.2, 0.25) is 0 Å². The normalized spacial score (nSPS) is 13.2. The van der Waals surface area contributed by atoms with Gasteiger partial charge in [-0.1, -0.05) is 28.1 Å². The van der Waals surface area contributed by atoms with Gasteiger partial charge in [-0.3, -0.25) is 0 Å². The van der Waals surface area contributed by atoms with E-state index >= 15 is 0 Å². The number of hydrogen-bond donors (Lipinski definition) is 2. The van der Waals surface area contributed by atoms with Crippen LogP contribution in [-0.4, -0.2) is 32.3 Å². The lowest BCUT2D eigenvalue weighted by molar-refractivity contribution is 0.179. The molecule has 0 saturated heterocycles. The van der Waals surface area contributed by atoms with Crippen molar-refractivity contribution in [3.8, 4) is 0 Å². The topological polar surface area (TPSA) is 45.7 Å². The minimum atomic E-state index is 0.229. The van der Waals surface area contributed by atoms with Crippen molar-refractivity contribution in [2.24, 2.45) is 4.99 Å². The molecule has 0 bridgehead atoms. The number of rotatable bonds is 6. The first kappa shape index (κ1) is 16.0. The summed E-state index contributed by atoms with van der Waals surface area (Å²) < 4.78 is 6.19. The second-order valence-corrected chi connectivity index (χ2v) is 5.24. The summed E-state index contributed by atoms with van der Waals surface area (Å²) in [7, 11) is 1.70. The molecule has 0 heterocycles. The maximum Gasteiger partial charge on any atom is 0.191 e. The number of methoxy groups -OCH3 is 1. The van der Waals surface area contributed by atoms with Crippen molar-refractivity contribution < 1.29 is 4.74 Å². The predicted octanol–water partition coefficient (Wildman–Crippen LogP) is 2.54. The average Bonchev–Trinajstić information content (AvgIpc) is 2.38. The molecule has 1 aromatic rings. The van der Waals surface area contributed by atoms with Crippen molar-refractivity contribution in [2.75, 3.05) is 20.3 Å². The predicted molar refractivity (Wildman–Crippen MR) is 83.4 cm³/mol. The summed E-state index contributed by atoms with van der Waals surface area (Å²) in [5.41, 5.74) is 1.18. The number of aliphatic imine (C=N–C) groups is 1. The Kier molecular flexibility index (Phi) is 7.52. The Hall–Kier alpha value is -1.07. The molecule has 1 rings (SSSR count). The average molecular weight is 328 g/mol. The van der Waals surface area contributed by atoms with Gasteiger partial charge >= 0.3 is 0 Å². The van der Waals surface area contributed by atoms with Crippen molar-refractivity contribution in [2.45, 2.75) is 26.4 Å². The van der Waals surface area contributed by atoms with Crippen LogP contribution in [0.1, 0.15) is 19.4 Å². The van der Waals surface area contributed by atoms with Crippen LogP contribution in [0.4, 0.5) is 0 Å². The van der Waals surface area contributed by atoms with Crippen LogP contribution in [0.5, 0.6) is 0 Å². The molecule has 5 heteroatoms. The summed E-state index contributed by atoms with van der Waals surface area (Å²) in [6, 6.07) is 8.41. The third kappa shape index (κ3) is 6.59. The standard InChI is InChI=1S/C14H22BrN3O/c1-4-16-14(18-11(2)10-19-3)17-9-12-5-7-13(15)8-6-12/h5-8,11H,4,9-10H2,1-3H3,(H2,16,17,18). The summed E-state index contributed by atoms with van der Waals surface area (Å²) >= 11 is 3.43. The molecule has 0 radical (unpaired) electrons. The van der Waals surface area contributed by atoms with E-state index in [1.807, 2.05) is 12.1 Å². The Bertz CT molecular complexity index is 392. The third-order valence-electron chi connectivity index (χ3n) is 2.48. The van der Waals surface area contributed by atoms with Gasteiger partial charge in [0.25, 0.3) is 0 Å². The lowest BCUT2D eigenvalue weighted by Gasteiger charge is -2.16. The Morgan fingerprint density at radius 1 is 1.37 bits per heavy atom. The lowest BCUT2D eigenvalue weighted by atomic mass is 10.2. The fourth-order valence-electron chi connectivity index (χ4n) is 1.61. The highest BCUT2D eigenvalue weighted by atomic mass is 79.9. The van der Waals surface area contributed by atoms with Gasteiger partial charge in [0, 0.05) is 24.2 Å². The van der Waals surface area contributed by atoms with Crippen molar-refractivity contribution in [1.29, 1.82) is 0 Å². The fourth-order valence-corrected chi connectivity index (χ4v) is 1.87. The molecule has 0 aliphatic rings. The zero-order valence-corrected chi connectivity index (χ0v) is 13.3. The highest BCUT2D eigenvalue weighted by molar-refractivity contribution is 9.10. The highest BCUT2D eigenvalue weighted by Crippen LogP contribution is 2.10. The number of guanidine groups is 1. The number of nitrogens with one attached hydrogen (secondary N) is 2.